The van der Waals surface area contributed by atoms with Crippen LogP contribution in [0, 0.1) is 0 Å². The number of aryl methyl sites for hydroxylation is 1. The number of carbonyl (C=O) groups is 1. The van der Waals surface area contributed by atoms with Gasteiger partial charge in [0.15, 0.2) is 11.5 Å². The van der Waals surface area contributed by atoms with Gasteiger partial charge in [-0.15, -0.1) is 0 Å². The van der Waals surface area contributed by atoms with E-state index in [2.05, 4.69) is 14.9 Å². The fourth-order valence-corrected chi connectivity index (χ4v) is 3.43. The molecule has 0 saturated heterocycles. The summed E-state index contributed by atoms with van der Waals surface area (Å²) in [6, 6.07) is 12.9. The number of nitrogens with one attached hydrogen (secondary N) is 1. The first kappa shape index (κ1) is 17.1. The smallest absolute Gasteiger partial charge is 0.255 e. The second-order valence-electron chi connectivity index (χ2n) is 6.42. The lowest BCUT2D eigenvalue weighted by atomic mass is 10.1. The van der Waals surface area contributed by atoms with Crippen LogP contribution >= 0.6 is 0 Å². The topological polar surface area (TPSA) is 65.4 Å². The molecule has 0 radical (unpaired) electrons. The predicted octanol–water partition coefficient (Wildman–Crippen LogP) is 3.77. The number of rotatable bonds is 5. The average molecular weight is 363 g/mol. The molecular weight excluding hydrogens is 342 g/mol. The number of amides is 1. The van der Waals surface area contributed by atoms with Crippen molar-refractivity contribution < 1.29 is 14.3 Å². The van der Waals surface area contributed by atoms with Crippen LogP contribution in [0.25, 0.3) is 11.3 Å². The van der Waals surface area contributed by atoms with Gasteiger partial charge < -0.3 is 19.4 Å². The van der Waals surface area contributed by atoms with Gasteiger partial charge in [-0.1, -0.05) is 12.1 Å². The number of imidazole rings is 1. The maximum absolute atomic E-state index is 12.6. The van der Waals surface area contributed by atoms with Gasteiger partial charge in [-0.2, -0.15) is 0 Å². The van der Waals surface area contributed by atoms with Crippen LogP contribution in [-0.4, -0.2) is 29.7 Å². The van der Waals surface area contributed by atoms with Crippen molar-refractivity contribution in [3.8, 4) is 22.8 Å². The van der Waals surface area contributed by atoms with E-state index in [0.29, 0.717) is 17.1 Å². The van der Waals surface area contributed by atoms with Crippen molar-refractivity contribution in [2.24, 2.45) is 0 Å². The van der Waals surface area contributed by atoms with Crippen LogP contribution in [0.1, 0.15) is 22.6 Å². The Labute approximate surface area is 157 Å². The van der Waals surface area contributed by atoms with Gasteiger partial charge in [0.05, 0.1) is 26.1 Å². The first-order valence-electron chi connectivity index (χ1n) is 8.88. The lowest BCUT2D eigenvalue weighted by Gasteiger charge is -2.11. The van der Waals surface area contributed by atoms with E-state index in [9.17, 15) is 4.79 Å². The van der Waals surface area contributed by atoms with Crippen molar-refractivity contribution in [3.05, 3.63) is 60.0 Å². The minimum atomic E-state index is -0.202. The molecule has 3 aromatic rings. The van der Waals surface area contributed by atoms with Crippen LogP contribution in [0.3, 0.4) is 0 Å². The summed E-state index contributed by atoms with van der Waals surface area (Å²) in [5.41, 5.74) is 3.37. The molecule has 6 heteroatoms. The first-order chi connectivity index (χ1) is 13.2. The molecule has 2 aromatic carbocycles. The van der Waals surface area contributed by atoms with Gasteiger partial charge in [0.2, 0.25) is 0 Å². The Hall–Kier alpha value is -3.28. The lowest BCUT2D eigenvalue weighted by molar-refractivity contribution is 0.102. The van der Waals surface area contributed by atoms with Gasteiger partial charge in [0, 0.05) is 29.8 Å². The molecular formula is C21H21N3O3. The van der Waals surface area contributed by atoms with Gasteiger partial charge in [0.25, 0.3) is 5.91 Å². The van der Waals surface area contributed by atoms with Gasteiger partial charge in [0.1, 0.15) is 5.82 Å². The monoisotopic (exact) mass is 363 g/mol. The third kappa shape index (κ3) is 3.26. The Balaban J connectivity index is 1.57. The maximum atomic E-state index is 12.6. The molecule has 0 saturated carbocycles. The molecule has 1 N–H and O–H groups in total. The summed E-state index contributed by atoms with van der Waals surface area (Å²) in [5.74, 6) is 2.04. The number of ether oxygens (including phenoxy) is 2. The minimum Gasteiger partial charge on any atom is -0.493 e. The Bertz CT molecular complexity index is 994. The molecule has 138 valence electrons. The highest BCUT2D eigenvalue weighted by Crippen LogP contribution is 2.29. The molecule has 1 aliphatic heterocycles. The lowest BCUT2D eigenvalue weighted by Crippen LogP contribution is -2.12. The predicted molar refractivity (Wildman–Crippen MR) is 103 cm³/mol. The zero-order valence-corrected chi connectivity index (χ0v) is 15.4. The molecule has 1 aromatic heterocycles. The normalized spacial score (nSPS) is 12.5. The Kier molecular flexibility index (Phi) is 4.54. The van der Waals surface area contributed by atoms with Crippen molar-refractivity contribution in [2.45, 2.75) is 19.4 Å². The van der Waals surface area contributed by atoms with Crippen LogP contribution in [0.2, 0.25) is 0 Å². The molecule has 1 amide bonds. The highest BCUT2D eigenvalue weighted by atomic mass is 16.5. The quantitative estimate of drug-likeness (QED) is 0.749. The zero-order chi connectivity index (χ0) is 18.8. The number of aromatic nitrogens is 2. The van der Waals surface area contributed by atoms with E-state index in [-0.39, 0.29) is 5.91 Å². The molecule has 27 heavy (non-hydrogen) atoms. The zero-order valence-electron chi connectivity index (χ0n) is 15.4. The number of carbonyl (C=O) groups excluding carboxylic acids is 1. The summed E-state index contributed by atoms with van der Waals surface area (Å²) in [6.07, 6.45) is 4.06. The molecule has 0 bridgehead atoms. The summed E-state index contributed by atoms with van der Waals surface area (Å²) in [5, 5.41) is 2.95. The molecule has 6 nitrogen and oxygen atoms in total. The maximum Gasteiger partial charge on any atom is 0.255 e. The number of methoxy groups -OCH3 is 2. The fourth-order valence-electron chi connectivity index (χ4n) is 3.43. The van der Waals surface area contributed by atoms with E-state index >= 15 is 0 Å². The van der Waals surface area contributed by atoms with Crippen molar-refractivity contribution >= 4 is 11.6 Å². The molecule has 1 aliphatic rings. The number of nitrogens with zero attached hydrogens (tertiary/aromatic N) is 2. The summed E-state index contributed by atoms with van der Waals surface area (Å²) in [4.78, 5) is 17.1. The van der Waals surface area contributed by atoms with E-state index in [1.165, 1.54) is 0 Å². The van der Waals surface area contributed by atoms with Crippen molar-refractivity contribution in [2.75, 3.05) is 19.5 Å². The molecule has 0 spiro atoms. The Morgan fingerprint density at radius 3 is 2.78 bits per heavy atom. The number of benzene rings is 2. The van der Waals surface area contributed by atoms with Crippen LogP contribution in [0.5, 0.6) is 11.5 Å². The van der Waals surface area contributed by atoms with Crippen LogP contribution in [0.15, 0.2) is 48.7 Å². The van der Waals surface area contributed by atoms with Crippen molar-refractivity contribution in [3.63, 3.8) is 0 Å². The van der Waals surface area contributed by atoms with E-state index in [0.717, 1.165) is 42.2 Å². The molecule has 2 heterocycles. The number of anilines is 1. The van der Waals surface area contributed by atoms with Crippen LogP contribution in [-0.2, 0) is 13.0 Å². The average Bonchev–Trinajstić information content (AvgIpc) is 3.31. The number of hydrogen-bond donors (Lipinski definition) is 1. The second kappa shape index (κ2) is 7.15. The van der Waals surface area contributed by atoms with Gasteiger partial charge >= 0.3 is 0 Å². The van der Waals surface area contributed by atoms with Crippen molar-refractivity contribution in [1.29, 1.82) is 0 Å². The number of fused-ring (bicyclic) bond motifs is 1. The highest BCUT2D eigenvalue weighted by Gasteiger charge is 2.17. The summed E-state index contributed by atoms with van der Waals surface area (Å²) in [6.45, 7) is 0.993. The van der Waals surface area contributed by atoms with Gasteiger partial charge in [-0.3, -0.25) is 4.79 Å². The van der Waals surface area contributed by atoms with E-state index in [4.69, 9.17) is 9.47 Å². The third-order valence-corrected chi connectivity index (χ3v) is 4.78. The highest BCUT2D eigenvalue weighted by molar-refractivity contribution is 6.04. The van der Waals surface area contributed by atoms with E-state index < -0.39 is 0 Å². The standard InChI is InChI=1S/C21H21N3O3/c1-26-18-9-8-15(12-19(18)27-2)21(25)23-16-6-3-5-14(11-16)17-13-22-20-7-4-10-24(17)20/h3,5-6,8-9,11-13H,4,7,10H2,1-2H3,(H,23,25). The van der Waals surface area contributed by atoms with E-state index in [1.807, 2.05) is 30.5 Å². The van der Waals surface area contributed by atoms with E-state index in [1.54, 1.807) is 32.4 Å². The SMILES string of the molecule is COc1ccc(C(=O)Nc2cccc(-c3cnc4n3CCC4)c2)cc1OC. The Morgan fingerprint density at radius 2 is 1.96 bits per heavy atom. The van der Waals surface area contributed by atoms with Crippen LogP contribution < -0.4 is 14.8 Å². The summed E-state index contributed by atoms with van der Waals surface area (Å²) in [7, 11) is 3.11. The Morgan fingerprint density at radius 1 is 1.11 bits per heavy atom. The summed E-state index contributed by atoms with van der Waals surface area (Å²) >= 11 is 0. The van der Waals surface area contributed by atoms with Gasteiger partial charge in [-0.25, -0.2) is 4.98 Å². The van der Waals surface area contributed by atoms with Gasteiger partial charge in [-0.05, 0) is 36.8 Å². The second-order valence-corrected chi connectivity index (χ2v) is 6.42. The molecule has 0 aliphatic carbocycles. The first-order valence-corrected chi connectivity index (χ1v) is 8.88. The minimum absolute atomic E-state index is 0.202. The molecule has 0 atom stereocenters. The fraction of sp³-hybridized carbons (Fsp3) is 0.238. The number of hydrogen-bond acceptors (Lipinski definition) is 4. The van der Waals surface area contributed by atoms with Crippen molar-refractivity contribution in [1.82, 2.24) is 9.55 Å². The van der Waals surface area contributed by atoms with Crippen LogP contribution in [0.4, 0.5) is 5.69 Å². The molecule has 0 unspecified atom stereocenters. The third-order valence-electron chi connectivity index (χ3n) is 4.78. The molecule has 0 fully saturated rings. The largest absolute Gasteiger partial charge is 0.493 e. The molecule has 4 rings (SSSR count). The summed E-state index contributed by atoms with van der Waals surface area (Å²) < 4.78 is 12.7.